The van der Waals surface area contributed by atoms with Crippen LogP contribution in [-0.4, -0.2) is 11.1 Å². The van der Waals surface area contributed by atoms with Crippen LogP contribution in [0.5, 0.6) is 5.75 Å². The van der Waals surface area contributed by atoms with Gasteiger partial charge in [0, 0.05) is 22.6 Å². The van der Waals surface area contributed by atoms with Crippen molar-refractivity contribution in [2.45, 2.75) is 45.7 Å². The summed E-state index contributed by atoms with van der Waals surface area (Å²) in [7, 11) is 0. The fraction of sp³-hybridized carbons (Fsp3) is 0.600. The van der Waals surface area contributed by atoms with Crippen LogP contribution in [0.1, 0.15) is 38.7 Å². The monoisotopic (exact) mass is 311 g/mol. The lowest BCUT2D eigenvalue weighted by atomic mass is 9.80. The molecule has 0 aromatic heterocycles. The normalized spacial score (nSPS) is 28.3. The van der Waals surface area contributed by atoms with Gasteiger partial charge in [0.1, 0.15) is 5.75 Å². The molecule has 2 rings (SSSR count). The van der Waals surface area contributed by atoms with E-state index in [1.165, 1.54) is 19.3 Å². The number of aromatic hydroxyl groups is 1. The molecule has 1 aromatic carbocycles. The summed E-state index contributed by atoms with van der Waals surface area (Å²) in [5.41, 5.74) is 0.968. The van der Waals surface area contributed by atoms with Crippen molar-refractivity contribution in [3.8, 4) is 5.75 Å². The minimum absolute atomic E-state index is 0.377. The molecule has 0 radical (unpaired) electrons. The number of phenols is 1. The first-order chi connectivity index (χ1) is 8.56. The van der Waals surface area contributed by atoms with Gasteiger partial charge in [-0.1, -0.05) is 29.8 Å². The van der Waals surface area contributed by atoms with Gasteiger partial charge in [0.25, 0.3) is 0 Å². The Bertz CT molecular complexity index is 407. The van der Waals surface area contributed by atoms with Gasteiger partial charge in [-0.15, -0.1) is 0 Å². The molecule has 2 nitrogen and oxygen atoms in total. The maximum Gasteiger partial charge on any atom is 0.120 e. The Morgan fingerprint density at radius 3 is 2.83 bits per heavy atom. The fourth-order valence-electron chi connectivity index (χ4n) is 2.91. The lowest BCUT2D eigenvalue weighted by Crippen LogP contribution is -2.38. The van der Waals surface area contributed by atoms with Crippen LogP contribution in [-0.2, 0) is 6.54 Å². The molecule has 0 aliphatic heterocycles. The van der Waals surface area contributed by atoms with E-state index in [1.54, 1.807) is 6.07 Å². The van der Waals surface area contributed by atoms with Crippen LogP contribution in [0.4, 0.5) is 0 Å². The predicted octanol–water partition coefficient (Wildman–Crippen LogP) is 4.07. The Morgan fingerprint density at radius 1 is 1.33 bits per heavy atom. The molecule has 0 saturated heterocycles. The summed E-state index contributed by atoms with van der Waals surface area (Å²) in [6.45, 7) is 5.41. The van der Waals surface area contributed by atoms with Crippen molar-refractivity contribution in [3.63, 3.8) is 0 Å². The number of benzene rings is 1. The van der Waals surface area contributed by atoms with Crippen LogP contribution >= 0.6 is 15.9 Å². The maximum atomic E-state index is 9.81. The average molecular weight is 312 g/mol. The van der Waals surface area contributed by atoms with Gasteiger partial charge < -0.3 is 10.4 Å². The van der Waals surface area contributed by atoms with E-state index in [4.69, 9.17) is 0 Å². The van der Waals surface area contributed by atoms with Crippen LogP contribution in [0.3, 0.4) is 0 Å². The van der Waals surface area contributed by atoms with Crippen LogP contribution < -0.4 is 5.32 Å². The van der Waals surface area contributed by atoms with Crippen molar-refractivity contribution in [1.29, 1.82) is 0 Å². The summed E-state index contributed by atoms with van der Waals surface area (Å²) in [5, 5.41) is 13.4. The topological polar surface area (TPSA) is 32.3 Å². The van der Waals surface area contributed by atoms with E-state index >= 15 is 0 Å². The molecule has 3 heteroatoms. The second-order valence-electron chi connectivity index (χ2n) is 5.66. The van der Waals surface area contributed by atoms with E-state index in [9.17, 15) is 5.11 Å². The molecule has 0 amide bonds. The van der Waals surface area contributed by atoms with E-state index in [2.05, 4.69) is 35.1 Å². The van der Waals surface area contributed by atoms with Crippen molar-refractivity contribution >= 4 is 15.9 Å². The molecule has 18 heavy (non-hydrogen) atoms. The summed E-state index contributed by atoms with van der Waals surface area (Å²) in [6, 6.07) is 6.18. The van der Waals surface area contributed by atoms with Crippen molar-refractivity contribution in [3.05, 3.63) is 28.2 Å². The molecular weight excluding hydrogens is 290 g/mol. The van der Waals surface area contributed by atoms with E-state index < -0.39 is 0 Å². The minimum atomic E-state index is 0.377. The predicted molar refractivity (Wildman–Crippen MR) is 78.6 cm³/mol. The van der Waals surface area contributed by atoms with E-state index in [0.717, 1.165) is 28.4 Å². The second kappa shape index (κ2) is 6.07. The molecule has 0 bridgehead atoms. The van der Waals surface area contributed by atoms with Crippen LogP contribution in [0.15, 0.2) is 22.7 Å². The van der Waals surface area contributed by atoms with Gasteiger partial charge in [0.2, 0.25) is 0 Å². The third-order valence-corrected chi connectivity index (χ3v) is 4.52. The second-order valence-corrected chi connectivity index (χ2v) is 6.57. The third kappa shape index (κ3) is 3.48. The number of hydrogen-bond donors (Lipinski definition) is 2. The van der Waals surface area contributed by atoms with Gasteiger partial charge in [0.15, 0.2) is 0 Å². The number of rotatable bonds is 3. The summed E-state index contributed by atoms with van der Waals surface area (Å²) in [5.74, 6) is 1.96. The Kier molecular flexibility index (Phi) is 4.68. The zero-order valence-electron chi connectivity index (χ0n) is 11.1. The van der Waals surface area contributed by atoms with Gasteiger partial charge >= 0.3 is 0 Å². The number of halogens is 1. The summed E-state index contributed by atoms with van der Waals surface area (Å²) in [4.78, 5) is 0. The molecule has 3 atom stereocenters. The van der Waals surface area contributed by atoms with Gasteiger partial charge in [-0.2, -0.15) is 0 Å². The molecule has 1 fully saturated rings. The molecule has 0 spiro atoms. The molecule has 2 N–H and O–H groups in total. The molecule has 1 saturated carbocycles. The van der Waals surface area contributed by atoms with E-state index in [-0.39, 0.29) is 0 Å². The van der Waals surface area contributed by atoms with Crippen LogP contribution in [0, 0.1) is 11.8 Å². The molecular formula is C15H22BrNO. The number of nitrogens with one attached hydrogen (secondary N) is 1. The minimum Gasteiger partial charge on any atom is -0.508 e. The van der Waals surface area contributed by atoms with Gasteiger partial charge in [-0.3, -0.25) is 0 Å². The maximum absolute atomic E-state index is 9.81. The van der Waals surface area contributed by atoms with Crippen molar-refractivity contribution < 1.29 is 5.11 Å². The molecule has 1 aromatic rings. The summed E-state index contributed by atoms with van der Waals surface area (Å²) in [6.07, 6.45) is 3.87. The Labute approximate surface area is 118 Å². The van der Waals surface area contributed by atoms with Crippen LogP contribution in [0.25, 0.3) is 0 Å². The smallest absolute Gasteiger partial charge is 0.120 e. The van der Waals surface area contributed by atoms with Crippen molar-refractivity contribution in [1.82, 2.24) is 5.32 Å². The first-order valence-electron chi connectivity index (χ1n) is 6.77. The first kappa shape index (κ1) is 13.9. The summed E-state index contributed by atoms with van der Waals surface area (Å²) < 4.78 is 1.02. The SMILES string of the molecule is CC1CCC(NCc2cc(Br)ccc2O)C(C)C1. The Balaban J connectivity index is 1.93. The van der Waals surface area contributed by atoms with E-state index in [1.807, 2.05) is 12.1 Å². The first-order valence-corrected chi connectivity index (χ1v) is 7.56. The van der Waals surface area contributed by atoms with Gasteiger partial charge in [-0.05, 0) is 49.3 Å². The standard InChI is InChI=1S/C15H22BrNO/c1-10-3-5-14(11(2)7-10)17-9-12-8-13(16)4-6-15(12)18/h4,6,8,10-11,14,17-18H,3,5,7,9H2,1-2H3. The highest BCUT2D eigenvalue weighted by Gasteiger charge is 2.24. The van der Waals surface area contributed by atoms with Crippen LogP contribution in [0.2, 0.25) is 0 Å². The zero-order valence-corrected chi connectivity index (χ0v) is 12.7. The number of phenolic OH excluding ortho intramolecular Hbond substituents is 1. The molecule has 0 heterocycles. The zero-order chi connectivity index (χ0) is 13.1. The lowest BCUT2D eigenvalue weighted by Gasteiger charge is -2.33. The van der Waals surface area contributed by atoms with Gasteiger partial charge in [-0.25, -0.2) is 0 Å². The third-order valence-electron chi connectivity index (χ3n) is 4.03. The van der Waals surface area contributed by atoms with Crippen molar-refractivity contribution in [2.75, 3.05) is 0 Å². The quantitative estimate of drug-likeness (QED) is 0.882. The Hall–Kier alpha value is -0.540. The average Bonchev–Trinajstić information content (AvgIpc) is 2.32. The highest BCUT2D eigenvalue weighted by Crippen LogP contribution is 2.29. The summed E-state index contributed by atoms with van der Waals surface area (Å²) >= 11 is 3.44. The Morgan fingerprint density at radius 2 is 2.11 bits per heavy atom. The number of hydrogen-bond acceptors (Lipinski definition) is 2. The van der Waals surface area contributed by atoms with Crippen molar-refractivity contribution in [2.24, 2.45) is 11.8 Å². The van der Waals surface area contributed by atoms with E-state index in [0.29, 0.717) is 11.8 Å². The highest BCUT2D eigenvalue weighted by molar-refractivity contribution is 9.10. The largest absolute Gasteiger partial charge is 0.508 e. The lowest BCUT2D eigenvalue weighted by molar-refractivity contribution is 0.226. The highest BCUT2D eigenvalue weighted by atomic mass is 79.9. The molecule has 1 aliphatic rings. The fourth-order valence-corrected chi connectivity index (χ4v) is 3.31. The van der Waals surface area contributed by atoms with Gasteiger partial charge in [0.05, 0.1) is 0 Å². The molecule has 3 unspecified atom stereocenters. The molecule has 100 valence electrons. The molecule has 1 aliphatic carbocycles.